The van der Waals surface area contributed by atoms with E-state index < -0.39 is 0 Å². The molecule has 2 aliphatic rings. The monoisotopic (exact) mass is 520 g/mol. The second kappa shape index (κ2) is 11.2. The number of nitrogens with zero attached hydrogens (tertiary/aromatic N) is 4. The van der Waals surface area contributed by atoms with Gasteiger partial charge in [-0.1, -0.05) is 45.0 Å². The van der Waals surface area contributed by atoms with Crippen LogP contribution >= 0.6 is 11.6 Å². The van der Waals surface area contributed by atoms with E-state index in [0.717, 1.165) is 28.0 Å². The molecule has 0 radical (unpaired) electrons. The molecule has 4 N–H and O–H groups in total. The van der Waals surface area contributed by atoms with Gasteiger partial charge in [-0.3, -0.25) is 15.0 Å². The number of hydrogen-bond donors (Lipinski definition) is 4. The maximum atomic E-state index is 9.76. The van der Waals surface area contributed by atoms with Gasteiger partial charge in [-0.25, -0.2) is 0 Å². The molecular formula is C27H33ClN8O. The lowest BCUT2D eigenvalue weighted by Crippen LogP contribution is -2.52. The number of pyridine rings is 1. The number of benzene rings is 1. The molecule has 0 aliphatic carbocycles. The van der Waals surface area contributed by atoms with Crippen LogP contribution in [0.5, 0.6) is 0 Å². The number of rotatable bonds is 9. The number of fused-ring (bicyclic) bond motifs is 1. The minimum absolute atomic E-state index is 0.0178. The first-order chi connectivity index (χ1) is 17.7. The fourth-order valence-electron chi connectivity index (χ4n) is 3.93. The van der Waals surface area contributed by atoms with Crippen LogP contribution < -0.4 is 21.6 Å². The molecule has 0 saturated carbocycles. The first-order valence-electron chi connectivity index (χ1n) is 12.1. The fraction of sp³-hybridized carbons (Fsp3) is 0.370. The van der Waals surface area contributed by atoms with Gasteiger partial charge in [0.1, 0.15) is 6.07 Å². The Balaban J connectivity index is 1.72. The van der Waals surface area contributed by atoms with Crippen molar-refractivity contribution in [3.63, 3.8) is 0 Å². The van der Waals surface area contributed by atoms with Crippen molar-refractivity contribution in [2.45, 2.75) is 32.9 Å². The predicted octanol–water partition coefficient (Wildman–Crippen LogP) is 4.38. The van der Waals surface area contributed by atoms with E-state index in [1.54, 1.807) is 19.5 Å². The number of nitriles is 1. The number of aromatic nitrogens is 1. The van der Waals surface area contributed by atoms with Gasteiger partial charge in [0.25, 0.3) is 0 Å². The Labute approximate surface area is 222 Å². The van der Waals surface area contributed by atoms with E-state index in [1.165, 1.54) is 0 Å². The second-order valence-electron chi connectivity index (χ2n) is 10.3. The summed E-state index contributed by atoms with van der Waals surface area (Å²) in [6, 6.07) is 6.03. The Hall–Kier alpha value is -3.58. The molecule has 0 spiro atoms. The normalized spacial score (nSPS) is 17.0. The predicted molar refractivity (Wildman–Crippen MR) is 150 cm³/mol. The van der Waals surface area contributed by atoms with E-state index in [2.05, 4.69) is 65.0 Å². The van der Waals surface area contributed by atoms with Crippen molar-refractivity contribution in [1.29, 1.82) is 5.26 Å². The molecule has 0 unspecified atom stereocenters. The standard InChI is InChI=1S/C27H33ClN8O/c1-17(7-6-8-30-5)24(23-13-36(35-34-23)20-14-37-15-20)33-19-9-21-25(32-16-27(2,3)4)18(11-29)12-31-26(21)22(28)10-19/h6-10,12-13,20,24,33-35H,1,14-16H2,2-5H3,(H,31,32)/b7-6-,30-8-/t24-/m0/s1. The Morgan fingerprint density at radius 3 is 2.86 bits per heavy atom. The highest BCUT2D eigenvalue weighted by Crippen LogP contribution is 2.35. The molecule has 9 nitrogen and oxygen atoms in total. The van der Waals surface area contributed by atoms with Crippen molar-refractivity contribution in [2.24, 2.45) is 10.4 Å². The number of nitrogens with one attached hydrogen (secondary N) is 4. The Morgan fingerprint density at radius 2 is 2.22 bits per heavy atom. The lowest BCUT2D eigenvalue weighted by molar-refractivity contribution is -0.0635. The lowest BCUT2D eigenvalue weighted by atomic mass is 9.96. The first-order valence-corrected chi connectivity index (χ1v) is 12.5. The molecule has 0 bridgehead atoms. The third-order valence-electron chi connectivity index (χ3n) is 6.00. The van der Waals surface area contributed by atoms with E-state index in [9.17, 15) is 5.26 Å². The Kier molecular flexibility index (Phi) is 8.03. The molecule has 1 saturated heterocycles. The summed E-state index contributed by atoms with van der Waals surface area (Å²) < 4.78 is 5.33. The van der Waals surface area contributed by atoms with E-state index in [-0.39, 0.29) is 17.5 Å². The van der Waals surface area contributed by atoms with Crippen molar-refractivity contribution in [1.82, 2.24) is 21.0 Å². The van der Waals surface area contributed by atoms with Crippen molar-refractivity contribution in [3.8, 4) is 6.07 Å². The quantitative estimate of drug-likeness (QED) is 0.285. The average Bonchev–Trinajstić information content (AvgIpc) is 3.28. The number of allylic oxidation sites excluding steroid dienone is 1. The molecule has 3 heterocycles. The van der Waals surface area contributed by atoms with Crippen LogP contribution in [0, 0.1) is 16.7 Å². The van der Waals surface area contributed by atoms with Gasteiger partial charge < -0.3 is 20.8 Å². The Bertz CT molecular complexity index is 1300. The van der Waals surface area contributed by atoms with Crippen LogP contribution in [0.3, 0.4) is 0 Å². The van der Waals surface area contributed by atoms with E-state index >= 15 is 0 Å². The summed E-state index contributed by atoms with van der Waals surface area (Å²) >= 11 is 6.70. The molecule has 194 valence electrons. The van der Waals surface area contributed by atoms with Crippen LogP contribution in [0.1, 0.15) is 26.3 Å². The number of aliphatic imine (C=N–C) groups is 1. The zero-order valence-electron chi connectivity index (χ0n) is 21.6. The summed E-state index contributed by atoms with van der Waals surface area (Å²) in [6.45, 7) is 12.7. The van der Waals surface area contributed by atoms with Crippen LogP contribution in [0.2, 0.25) is 5.02 Å². The van der Waals surface area contributed by atoms with Crippen molar-refractivity contribution >= 4 is 40.1 Å². The van der Waals surface area contributed by atoms with E-state index in [0.29, 0.717) is 35.9 Å². The molecule has 1 aromatic heterocycles. The summed E-state index contributed by atoms with van der Waals surface area (Å²) in [4.78, 5) is 8.48. The van der Waals surface area contributed by atoms with Gasteiger partial charge in [0.05, 0.1) is 52.8 Å². The highest BCUT2D eigenvalue weighted by molar-refractivity contribution is 6.35. The van der Waals surface area contributed by atoms with Gasteiger partial charge >= 0.3 is 0 Å². The van der Waals surface area contributed by atoms with Crippen LogP contribution in [0.25, 0.3) is 10.9 Å². The van der Waals surface area contributed by atoms with Crippen LogP contribution in [-0.2, 0) is 4.74 Å². The summed E-state index contributed by atoms with van der Waals surface area (Å²) in [6.07, 6.45) is 9.06. The van der Waals surface area contributed by atoms with E-state index in [1.807, 2.05) is 35.5 Å². The number of halogens is 1. The second-order valence-corrected chi connectivity index (χ2v) is 10.7. The van der Waals surface area contributed by atoms with Crippen molar-refractivity contribution in [2.75, 3.05) is 37.4 Å². The minimum atomic E-state index is -0.299. The van der Waals surface area contributed by atoms with Gasteiger partial charge in [0, 0.05) is 43.3 Å². The maximum Gasteiger partial charge on any atom is 0.103 e. The summed E-state index contributed by atoms with van der Waals surface area (Å²) in [5.74, 6) is 0. The third-order valence-corrected chi connectivity index (χ3v) is 6.29. The van der Waals surface area contributed by atoms with Gasteiger partial charge in [0.15, 0.2) is 0 Å². The summed E-state index contributed by atoms with van der Waals surface area (Å²) in [5.41, 5.74) is 10.8. The molecule has 1 aromatic carbocycles. The molecule has 4 rings (SSSR count). The van der Waals surface area contributed by atoms with Crippen LogP contribution in [0.4, 0.5) is 11.4 Å². The topological polar surface area (TPSA) is 110 Å². The molecule has 2 aromatic rings. The van der Waals surface area contributed by atoms with Gasteiger partial charge in [0.2, 0.25) is 0 Å². The summed E-state index contributed by atoms with van der Waals surface area (Å²) in [5, 5.41) is 20.0. The minimum Gasteiger partial charge on any atom is -0.383 e. The van der Waals surface area contributed by atoms with Gasteiger partial charge in [-0.15, -0.1) is 5.53 Å². The maximum absolute atomic E-state index is 9.76. The van der Waals surface area contributed by atoms with Crippen molar-refractivity contribution < 1.29 is 4.74 Å². The zero-order chi connectivity index (χ0) is 26.6. The molecule has 0 amide bonds. The number of ether oxygens (including phenoxy) is 1. The number of hydrogen-bond acceptors (Lipinski definition) is 9. The third kappa shape index (κ3) is 6.23. The first kappa shape index (κ1) is 26.5. The van der Waals surface area contributed by atoms with Gasteiger partial charge in [-0.2, -0.15) is 5.26 Å². The number of anilines is 2. The zero-order valence-corrected chi connectivity index (χ0v) is 22.4. The fourth-order valence-corrected chi connectivity index (χ4v) is 4.20. The molecule has 2 aliphatic heterocycles. The molecular weight excluding hydrogens is 488 g/mol. The SMILES string of the molecule is C=C(/C=C\C=N/C)[C@H](Nc1cc(Cl)c2ncc(C#N)c(NCC(C)(C)C)c2c1)C1=CN(C2COC2)NN1. The molecule has 10 heteroatoms. The average molecular weight is 521 g/mol. The van der Waals surface area contributed by atoms with E-state index in [4.69, 9.17) is 16.3 Å². The number of hydrazine groups is 2. The highest BCUT2D eigenvalue weighted by Gasteiger charge is 2.30. The smallest absolute Gasteiger partial charge is 0.103 e. The van der Waals surface area contributed by atoms with Gasteiger partial charge in [-0.05, 0) is 29.2 Å². The molecule has 1 fully saturated rings. The molecule has 1 atom stereocenters. The largest absolute Gasteiger partial charge is 0.383 e. The lowest BCUT2D eigenvalue weighted by Gasteiger charge is -2.33. The van der Waals surface area contributed by atoms with Crippen molar-refractivity contribution in [3.05, 3.63) is 65.1 Å². The Morgan fingerprint density at radius 1 is 1.43 bits per heavy atom. The highest BCUT2D eigenvalue weighted by atomic mass is 35.5. The summed E-state index contributed by atoms with van der Waals surface area (Å²) in [7, 11) is 1.72. The van der Waals surface area contributed by atoms with Crippen LogP contribution in [-0.4, -0.2) is 55.1 Å². The van der Waals surface area contributed by atoms with Crippen LogP contribution in [0.15, 0.2) is 59.5 Å². The molecule has 37 heavy (non-hydrogen) atoms.